The Morgan fingerprint density at radius 2 is 1.79 bits per heavy atom. The van der Waals surface area contributed by atoms with Crippen LogP contribution in [0.15, 0.2) is 24.3 Å². The fourth-order valence-electron chi connectivity index (χ4n) is 1.46. The van der Waals surface area contributed by atoms with Crippen molar-refractivity contribution in [2.24, 2.45) is 0 Å². The van der Waals surface area contributed by atoms with E-state index in [2.05, 4.69) is 6.92 Å². The maximum absolute atomic E-state index is 9.47. The van der Waals surface area contributed by atoms with Crippen LogP contribution in [0.1, 0.15) is 38.2 Å². The number of hydrogen-bond donors (Lipinski definition) is 1. The van der Waals surface area contributed by atoms with Gasteiger partial charge in [-0.3, -0.25) is 0 Å². The van der Waals surface area contributed by atoms with E-state index in [0.717, 1.165) is 12.0 Å². The second-order valence-corrected chi connectivity index (χ2v) is 3.44. The zero-order valence-corrected chi connectivity index (χ0v) is 10.4. The number of para-hydroxylation sites is 1. The molecule has 1 nitrogen and oxygen atoms in total. The molecule has 0 fully saturated rings. The van der Waals surface area contributed by atoms with E-state index in [1.54, 1.807) is 6.07 Å². The lowest BCUT2D eigenvalue weighted by molar-refractivity contribution is 0.466. The number of aromatic hydroxyl groups is 1. The summed E-state index contributed by atoms with van der Waals surface area (Å²) in [6, 6.07) is 7.61. The lowest BCUT2D eigenvalue weighted by atomic mass is 10.1. The molecule has 14 heavy (non-hydrogen) atoms. The molecule has 1 aromatic carbocycles. The summed E-state index contributed by atoms with van der Waals surface area (Å²) in [7, 11) is 0. The van der Waals surface area contributed by atoms with Gasteiger partial charge >= 0.3 is 0 Å². The van der Waals surface area contributed by atoms with E-state index < -0.39 is 0 Å². The Morgan fingerprint density at radius 3 is 2.43 bits per heavy atom. The fourth-order valence-corrected chi connectivity index (χ4v) is 1.46. The quantitative estimate of drug-likeness (QED) is 0.575. The van der Waals surface area contributed by atoms with Crippen molar-refractivity contribution in [3.63, 3.8) is 0 Å². The molecule has 1 aromatic rings. The zero-order valence-electron chi connectivity index (χ0n) is 9.00. The third kappa shape index (κ3) is 4.87. The highest BCUT2D eigenvalue weighted by Gasteiger charge is 1.98. The maximum atomic E-state index is 9.47. The first-order chi connectivity index (χ1) is 6.34. The molecule has 1 rings (SSSR count). The molecule has 0 spiro atoms. The van der Waals surface area contributed by atoms with Crippen LogP contribution in [0.4, 0.5) is 0 Å². The molecule has 0 bridgehead atoms. The average Bonchev–Trinajstić information content (AvgIpc) is 2.15. The highest BCUT2D eigenvalue weighted by Crippen LogP contribution is 2.18. The lowest BCUT2D eigenvalue weighted by Crippen LogP contribution is -1.86. The van der Waals surface area contributed by atoms with Crippen LogP contribution in [-0.2, 0) is 6.42 Å². The lowest BCUT2D eigenvalue weighted by Gasteiger charge is -2.03. The van der Waals surface area contributed by atoms with E-state index in [1.165, 1.54) is 25.7 Å². The number of aryl methyl sites for hydroxylation is 1. The Bertz CT molecular complexity index is 248. The van der Waals surface area contributed by atoms with Crippen LogP contribution >= 0.6 is 0 Å². The van der Waals surface area contributed by atoms with Gasteiger partial charge in [-0.1, -0.05) is 44.4 Å². The minimum Gasteiger partial charge on any atom is -0.508 e. The second-order valence-electron chi connectivity index (χ2n) is 3.44. The van der Waals surface area contributed by atoms with Gasteiger partial charge in [0.25, 0.3) is 0 Å². The number of benzene rings is 1. The van der Waals surface area contributed by atoms with Crippen molar-refractivity contribution < 1.29 is 5.11 Å². The second kappa shape index (κ2) is 8.12. The summed E-state index contributed by atoms with van der Waals surface area (Å²) in [5, 5.41) is 9.47. The molecule has 2 heteroatoms. The Labute approximate surface area is 103 Å². The van der Waals surface area contributed by atoms with Crippen LogP contribution in [0.2, 0.25) is 0 Å². The van der Waals surface area contributed by atoms with Gasteiger partial charge in [0.15, 0.2) is 0 Å². The van der Waals surface area contributed by atoms with Gasteiger partial charge in [-0.15, -0.1) is 0 Å². The van der Waals surface area contributed by atoms with E-state index in [0.29, 0.717) is 5.75 Å². The fraction of sp³-hybridized carbons (Fsp3) is 0.500. The summed E-state index contributed by atoms with van der Waals surface area (Å²) in [6.45, 7) is 2.21. The van der Waals surface area contributed by atoms with Crippen molar-refractivity contribution >= 4 is 23.1 Å². The molecular formula is C12H18MgO. The van der Waals surface area contributed by atoms with Crippen molar-refractivity contribution in [2.75, 3.05) is 0 Å². The van der Waals surface area contributed by atoms with Gasteiger partial charge in [-0.05, 0) is 24.5 Å². The first-order valence-electron chi connectivity index (χ1n) is 5.11. The summed E-state index contributed by atoms with van der Waals surface area (Å²) in [5.74, 6) is 0.444. The Balaban J connectivity index is 0.00000169. The Kier molecular flexibility index (Phi) is 8.00. The number of rotatable bonds is 5. The molecule has 1 N–H and O–H groups in total. The molecule has 0 heterocycles. The molecular weight excluding hydrogens is 184 g/mol. The first kappa shape index (κ1) is 13.8. The maximum Gasteiger partial charge on any atom is 0.118 e. The molecule has 0 aromatic heterocycles. The van der Waals surface area contributed by atoms with Crippen LogP contribution < -0.4 is 0 Å². The van der Waals surface area contributed by atoms with Gasteiger partial charge in [0.05, 0.1) is 0 Å². The summed E-state index contributed by atoms with van der Waals surface area (Å²) in [4.78, 5) is 0. The van der Waals surface area contributed by atoms with Crippen molar-refractivity contribution in [1.82, 2.24) is 0 Å². The molecule has 74 valence electrons. The Morgan fingerprint density at radius 1 is 1.07 bits per heavy atom. The minimum absolute atomic E-state index is 0. The Hall–Kier alpha value is -0.214. The van der Waals surface area contributed by atoms with E-state index in [4.69, 9.17) is 0 Å². The summed E-state index contributed by atoms with van der Waals surface area (Å²) in [5.41, 5.74) is 1.08. The van der Waals surface area contributed by atoms with Crippen LogP contribution in [0, 0.1) is 0 Å². The largest absolute Gasteiger partial charge is 0.508 e. The third-order valence-electron chi connectivity index (χ3n) is 2.29. The van der Waals surface area contributed by atoms with Gasteiger partial charge in [0.2, 0.25) is 0 Å². The van der Waals surface area contributed by atoms with Gasteiger partial charge in [-0.25, -0.2) is 0 Å². The zero-order chi connectivity index (χ0) is 9.52. The number of phenolic OH excluding ortho intramolecular Hbond substituents is 1. The van der Waals surface area contributed by atoms with Gasteiger partial charge in [0, 0.05) is 23.1 Å². The van der Waals surface area contributed by atoms with Crippen molar-refractivity contribution in [2.45, 2.75) is 39.0 Å². The van der Waals surface area contributed by atoms with Gasteiger partial charge in [0.1, 0.15) is 5.75 Å². The normalized spacial score (nSPS) is 9.50. The van der Waals surface area contributed by atoms with Crippen LogP contribution in [-0.4, -0.2) is 28.2 Å². The predicted octanol–water partition coefficient (Wildman–Crippen LogP) is 3.13. The molecule has 0 aliphatic carbocycles. The smallest absolute Gasteiger partial charge is 0.118 e. The van der Waals surface area contributed by atoms with E-state index in [9.17, 15) is 5.11 Å². The van der Waals surface area contributed by atoms with E-state index in [-0.39, 0.29) is 23.1 Å². The summed E-state index contributed by atoms with van der Waals surface area (Å²) in [6.07, 6.45) is 6.03. The SMILES string of the molecule is CCCCCCc1ccccc1O.[Mg]. The summed E-state index contributed by atoms with van der Waals surface area (Å²) >= 11 is 0. The molecule has 2 radical (unpaired) electrons. The number of hydrogen-bond acceptors (Lipinski definition) is 1. The van der Waals surface area contributed by atoms with Crippen LogP contribution in [0.3, 0.4) is 0 Å². The minimum atomic E-state index is 0. The van der Waals surface area contributed by atoms with E-state index in [1.807, 2.05) is 18.2 Å². The average molecular weight is 203 g/mol. The van der Waals surface area contributed by atoms with Crippen LogP contribution in [0.25, 0.3) is 0 Å². The van der Waals surface area contributed by atoms with Crippen molar-refractivity contribution in [1.29, 1.82) is 0 Å². The monoisotopic (exact) mass is 202 g/mol. The topological polar surface area (TPSA) is 20.2 Å². The molecule has 0 atom stereocenters. The molecule has 0 aliphatic rings. The molecule has 0 amide bonds. The predicted molar refractivity (Wildman–Crippen MR) is 61.7 cm³/mol. The highest BCUT2D eigenvalue weighted by atomic mass is 24.3. The van der Waals surface area contributed by atoms with E-state index >= 15 is 0 Å². The molecule has 0 saturated carbocycles. The highest BCUT2D eigenvalue weighted by molar-refractivity contribution is 5.75. The van der Waals surface area contributed by atoms with Crippen molar-refractivity contribution in [3.05, 3.63) is 29.8 Å². The first-order valence-corrected chi connectivity index (χ1v) is 5.11. The number of unbranched alkanes of at least 4 members (excludes halogenated alkanes) is 3. The third-order valence-corrected chi connectivity index (χ3v) is 2.29. The molecule has 0 aliphatic heterocycles. The number of phenols is 1. The van der Waals surface area contributed by atoms with Crippen molar-refractivity contribution in [3.8, 4) is 5.75 Å². The molecule has 0 saturated heterocycles. The standard InChI is InChI=1S/C12H18O.Mg/c1-2-3-4-5-8-11-9-6-7-10-12(11)13;/h6-7,9-10,13H,2-5,8H2,1H3;. The van der Waals surface area contributed by atoms with Gasteiger partial charge in [-0.2, -0.15) is 0 Å². The molecule has 0 unspecified atom stereocenters. The summed E-state index contributed by atoms with van der Waals surface area (Å²) < 4.78 is 0. The van der Waals surface area contributed by atoms with Crippen LogP contribution in [0.5, 0.6) is 5.75 Å². The van der Waals surface area contributed by atoms with Gasteiger partial charge < -0.3 is 5.11 Å².